The fraction of sp³-hybridized carbons (Fsp3) is 0.600. The minimum Gasteiger partial charge on any atom is -0.355 e. The lowest BCUT2D eigenvalue weighted by molar-refractivity contribution is -0.191. The molecule has 0 spiro atoms. The first-order valence-electron chi connectivity index (χ1n) is 17.3. The summed E-state index contributed by atoms with van der Waals surface area (Å²) < 4.78 is 9.84. The van der Waals surface area contributed by atoms with Crippen LogP contribution >= 0.6 is 0 Å². The number of hydrogen-bond donors (Lipinski definition) is 1. The molecule has 1 N–H and O–H groups in total. The summed E-state index contributed by atoms with van der Waals surface area (Å²) >= 11 is 0. The SMILES string of the molecule is CC1=c2[nH]c3c(c4c(c5c6c(C)c(C)c(C)c(C)c6n(C6(C)OCC(C)C(C)C6C)c35)C(C)N(C)C4C)c2=C(C)C(C)C1C. The Morgan fingerprint density at radius 1 is 0.705 bits per heavy atom. The third-order valence-electron chi connectivity index (χ3n) is 14.2. The number of H-pyrrole nitrogens is 1. The van der Waals surface area contributed by atoms with Gasteiger partial charge in [0.15, 0.2) is 0 Å². The first-order chi connectivity index (χ1) is 20.6. The van der Waals surface area contributed by atoms with E-state index in [4.69, 9.17) is 4.74 Å². The largest absolute Gasteiger partial charge is 0.355 e. The van der Waals surface area contributed by atoms with Crippen LogP contribution in [0.5, 0.6) is 0 Å². The van der Waals surface area contributed by atoms with Gasteiger partial charge in [-0.1, -0.05) is 40.2 Å². The first-order valence-corrected chi connectivity index (χ1v) is 17.3. The molecule has 1 fully saturated rings. The number of aryl methyl sites for hydroxylation is 2. The third-order valence-corrected chi connectivity index (χ3v) is 14.2. The highest BCUT2D eigenvalue weighted by atomic mass is 16.5. The fourth-order valence-corrected chi connectivity index (χ4v) is 9.72. The number of benzene rings is 2. The van der Waals surface area contributed by atoms with Gasteiger partial charge in [0.2, 0.25) is 0 Å². The second kappa shape index (κ2) is 9.48. The van der Waals surface area contributed by atoms with Gasteiger partial charge in [0.1, 0.15) is 5.72 Å². The molecule has 44 heavy (non-hydrogen) atoms. The van der Waals surface area contributed by atoms with E-state index < -0.39 is 5.72 Å². The summed E-state index contributed by atoms with van der Waals surface area (Å²) in [7, 11) is 2.33. The smallest absolute Gasteiger partial charge is 0.145 e. The van der Waals surface area contributed by atoms with Gasteiger partial charge in [-0.3, -0.25) is 4.90 Å². The van der Waals surface area contributed by atoms with Gasteiger partial charge in [-0.05, 0) is 132 Å². The summed E-state index contributed by atoms with van der Waals surface area (Å²) in [5.41, 5.74) is 15.3. The Labute approximate surface area is 264 Å². The summed E-state index contributed by atoms with van der Waals surface area (Å²) in [5, 5.41) is 7.18. The van der Waals surface area contributed by atoms with Crippen molar-refractivity contribution in [1.29, 1.82) is 0 Å². The highest BCUT2D eigenvalue weighted by molar-refractivity contribution is 6.22. The van der Waals surface area contributed by atoms with E-state index in [1.165, 1.54) is 87.8 Å². The zero-order valence-electron chi connectivity index (χ0n) is 30.1. The molecule has 0 saturated carbocycles. The third kappa shape index (κ3) is 3.37. The molecule has 4 heteroatoms. The van der Waals surface area contributed by atoms with Crippen LogP contribution in [-0.2, 0) is 10.5 Å². The first kappa shape index (κ1) is 30.1. The zero-order chi connectivity index (χ0) is 32.1. The van der Waals surface area contributed by atoms with E-state index in [9.17, 15) is 0 Å². The van der Waals surface area contributed by atoms with Gasteiger partial charge in [-0.25, -0.2) is 0 Å². The Balaban J connectivity index is 1.87. The van der Waals surface area contributed by atoms with Crippen molar-refractivity contribution in [3.8, 4) is 0 Å². The molecule has 0 amide bonds. The van der Waals surface area contributed by atoms with Crippen LogP contribution in [0.15, 0.2) is 0 Å². The minimum atomic E-state index is -0.477. The lowest BCUT2D eigenvalue weighted by atomic mass is 9.77. The van der Waals surface area contributed by atoms with Crippen LogP contribution in [0.2, 0.25) is 0 Å². The van der Waals surface area contributed by atoms with E-state index in [0.717, 1.165) is 6.61 Å². The van der Waals surface area contributed by atoms with Crippen molar-refractivity contribution in [3.05, 3.63) is 43.9 Å². The number of aromatic amines is 1. The number of ether oxygens (including phenoxy) is 1. The standard InChI is InChI=1S/C40H55N3O/c1-17-16-44-40(14,27(11)18(17)2)43-38-26(10)22(6)20(4)24(8)31(38)35-33-29(13)42(15)28(12)32(33)34-30-23(7)19(3)21(5)25(9)36(30)41-37(34)39(35)43/h17-19,21,27-29,41H,16H2,1-15H3. The van der Waals surface area contributed by atoms with E-state index in [0.29, 0.717) is 41.7 Å². The molecule has 8 unspecified atom stereocenters. The maximum atomic E-state index is 7.13. The Morgan fingerprint density at radius 2 is 1.27 bits per heavy atom. The number of aromatic nitrogens is 2. The summed E-state index contributed by atoms with van der Waals surface area (Å²) in [6.07, 6.45) is 0. The Bertz CT molecular complexity index is 2040. The Morgan fingerprint density at radius 3 is 1.91 bits per heavy atom. The monoisotopic (exact) mass is 593 g/mol. The molecule has 7 rings (SSSR count). The van der Waals surface area contributed by atoms with Gasteiger partial charge >= 0.3 is 0 Å². The van der Waals surface area contributed by atoms with E-state index in [1.54, 1.807) is 0 Å². The van der Waals surface area contributed by atoms with Crippen molar-refractivity contribution in [2.75, 3.05) is 13.7 Å². The van der Waals surface area contributed by atoms with Crippen LogP contribution in [0.4, 0.5) is 0 Å². The average molecular weight is 594 g/mol. The normalized spacial score (nSPS) is 32.8. The van der Waals surface area contributed by atoms with Crippen LogP contribution in [0.1, 0.15) is 115 Å². The molecule has 2 aromatic carbocycles. The van der Waals surface area contributed by atoms with Crippen molar-refractivity contribution in [1.82, 2.24) is 14.5 Å². The van der Waals surface area contributed by atoms with Crippen molar-refractivity contribution < 1.29 is 4.74 Å². The highest BCUT2D eigenvalue weighted by Crippen LogP contribution is 2.54. The lowest BCUT2D eigenvalue weighted by Gasteiger charge is -2.48. The second-order valence-corrected chi connectivity index (χ2v) is 15.7. The number of fused-ring (bicyclic) bond motifs is 10. The Kier molecular flexibility index (Phi) is 6.49. The summed E-state index contributed by atoms with van der Waals surface area (Å²) in [5.74, 6) is 2.46. The average Bonchev–Trinajstić information content (AvgIpc) is 3.63. The molecule has 3 aliphatic rings. The minimum absolute atomic E-state index is 0.319. The molecule has 8 atom stereocenters. The quantitative estimate of drug-likeness (QED) is 0.239. The van der Waals surface area contributed by atoms with Crippen LogP contribution in [0.3, 0.4) is 0 Å². The number of nitrogens with one attached hydrogen (secondary N) is 1. The molecule has 0 radical (unpaired) electrons. The molecule has 4 nitrogen and oxygen atoms in total. The fourth-order valence-electron chi connectivity index (χ4n) is 9.72. The second-order valence-electron chi connectivity index (χ2n) is 15.7. The van der Waals surface area contributed by atoms with Gasteiger partial charge in [-0.15, -0.1) is 0 Å². The molecule has 4 heterocycles. The van der Waals surface area contributed by atoms with Crippen LogP contribution < -0.4 is 10.6 Å². The predicted octanol–water partition coefficient (Wildman–Crippen LogP) is 8.82. The molecule has 236 valence electrons. The van der Waals surface area contributed by atoms with E-state index in [2.05, 4.69) is 118 Å². The van der Waals surface area contributed by atoms with E-state index in [1.807, 2.05) is 0 Å². The molecule has 2 aromatic heterocycles. The topological polar surface area (TPSA) is 33.2 Å². The molecule has 1 aliphatic carbocycles. The molecule has 1 saturated heterocycles. The molecule has 4 aromatic rings. The predicted molar refractivity (Wildman–Crippen MR) is 188 cm³/mol. The summed E-state index contributed by atoms with van der Waals surface area (Å²) in [6.45, 7) is 34.3. The van der Waals surface area contributed by atoms with Crippen molar-refractivity contribution in [3.63, 3.8) is 0 Å². The van der Waals surface area contributed by atoms with Crippen LogP contribution in [0.25, 0.3) is 43.9 Å². The van der Waals surface area contributed by atoms with Crippen molar-refractivity contribution in [2.45, 2.75) is 115 Å². The lowest BCUT2D eigenvalue weighted by Crippen LogP contribution is -2.49. The van der Waals surface area contributed by atoms with Crippen LogP contribution in [0, 0.1) is 57.3 Å². The number of nitrogens with zero attached hydrogens (tertiary/aromatic N) is 2. The molecular weight excluding hydrogens is 538 g/mol. The van der Waals surface area contributed by atoms with Crippen molar-refractivity contribution >= 4 is 43.9 Å². The summed E-state index contributed by atoms with van der Waals surface area (Å²) in [6, 6.07) is 0.654. The van der Waals surface area contributed by atoms with Gasteiger partial charge in [0, 0.05) is 44.7 Å². The molecule has 2 aliphatic heterocycles. The summed E-state index contributed by atoms with van der Waals surface area (Å²) in [4.78, 5) is 6.78. The maximum absolute atomic E-state index is 7.13. The Hall–Kier alpha value is -2.56. The van der Waals surface area contributed by atoms with E-state index >= 15 is 0 Å². The number of hydrogen-bond acceptors (Lipinski definition) is 2. The highest BCUT2D eigenvalue weighted by Gasteiger charge is 2.47. The van der Waals surface area contributed by atoms with Gasteiger partial charge in [0.25, 0.3) is 0 Å². The maximum Gasteiger partial charge on any atom is 0.145 e. The van der Waals surface area contributed by atoms with Crippen LogP contribution in [-0.4, -0.2) is 28.1 Å². The van der Waals surface area contributed by atoms with E-state index in [-0.39, 0.29) is 0 Å². The van der Waals surface area contributed by atoms with Gasteiger partial charge < -0.3 is 14.3 Å². The molecule has 0 bridgehead atoms. The number of rotatable bonds is 1. The van der Waals surface area contributed by atoms with Gasteiger partial charge in [-0.2, -0.15) is 0 Å². The molecular formula is C40H55N3O. The van der Waals surface area contributed by atoms with Gasteiger partial charge in [0.05, 0.1) is 23.2 Å². The van der Waals surface area contributed by atoms with Crippen molar-refractivity contribution in [2.24, 2.45) is 29.6 Å². The zero-order valence-corrected chi connectivity index (χ0v) is 30.1.